The van der Waals surface area contributed by atoms with Crippen LogP contribution in [0.5, 0.6) is 0 Å². The number of carbonyl (C=O) groups excluding carboxylic acids is 1. The van der Waals surface area contributed by atoms with E-state index in [1.54, 1.807) is 18.3 Å². The second-order valence-electron chi connectivity index (χ2n) is 4.99. The summed E-state index contributed by atoms with van der Waals surface area (Å²) in [6, 6.07) is 3.48. The zero-order valence-corrected chi connectivity index (χ0v) is 12.0. The molecule has 5 nitrogen and oxygen atoms in total. The predicted molar refractivity (Wildman–Crippen MR) is 78.9 cm³/mol. The minimum atomic E-state index is -0.0819. The topological polar surface area (TPSA) is 63.2 Å². The van der Waals surface area contributed by atoms with Crippen LogP contribution < -0.4 is 10.6 Å². The maximum Gasteiger partial charge on any atom is 0.251 e. The van der Waals surface area contributed by atoms with Gasteiger partial charge in [-0.2, -0.15) is 0 Å². The molecule has 1 saturated carbocycles. The highest BCUT2D eigenvalue weighted by Gasteiger charge is 2.15. The van der Waals surface area contributed by atoms with E-state index in [1.165, 1.54) is 12.8 Å². The first-order valence-corrected chi connectivity index (χ1v) is 7.39. The van der Waals surface area contributed by atoms with Gasteiger partial charge in [0, 0.05) is 24.8 Å². The summed E-state index contributed by atoms with van der Waals surface area (Å²) in [7, 11) is 0. The van der Waals surface area contributed by atoms with Crippen molar-refractivity contribution < 1.29 is 9.53 Å². The van der Waals surface area contributed by atoms with Gasteiger partial charge >= 0.3 is 0 Å². The maximum atomic E-state index is 12.0. The van der Waals surface area contributed by atoms with E-state index in [0.717, 1.165) is 25.2 Å². The molecule has 1 aromatic heterocycles. The van der Waals surface area contributed by atoms with Crippen molar-refractivity contribution in [3.63, 3.8) is 0 Å². The smallest absolute Gasteiger partial charge is 0.251 e. The molecule has 2 N–H and O–H groups in total. The zero-order valence-electron chi connectivity index (χ0n) is 12.0. The quantitative estimate of drug-likeness (QED) is 0.750. The molecule has 0 bridgehead atoms. The van der Waals surface area contributed by atoms with E-state index in [0.29, 0.717) is 24.8 Å². The van der Waals surface area contributed by atoms with Crippen LogP contribution >= 0.6 is 0 Å². The summed E-state index contributed by atoms with van der Waals surface area (Å²) >= 11 is 0. The van der Waals surface area contributed by atoms with Gasteiger partial charge in [0.15, 0.2) is 0 Å². The third-order valence-corrected chi connectivity index (χ3v) is 3.42. The largest absolute Gasteiger partial charge is 0.376 e. The molecule has 0 atom stereocenters. The Hall–Kier alpha value is -1.62. The Balaban J connectivity index is 1.72. The number of ether oxygens (including phenoxy) is 1. The first-order chi connectivity index (χ1) is 9.79. The molecule has 0 spiro atoms. The predicted octanol–water partition coefficient (Wildman–Crippen LogP) is 2.20. The maximum absolute atomic E-state index is 12.0. The lowest BCUT2D eigenvalue weighted by atomic mass is 10.2. The third kappa shape index (κ3) is 4.49. The Labute approximate surface area is 120 Å². The summed E-state index contributed by atoms with van der Waals surface area (Å²) in [5.74, 6) is 0.643. The molecule has 1 aromatic rings. The third-order valence-electron chi connectivity index (χ3n) is 3.42. The molecule has 110 valence electrons. The van der Waals surface area contributed by atoms with Crippen molar-refractivity contribution in [2.24, 2.45) is 0 Å². The van der Waals surface area contributed by atoms with E-state index in [-0.39, 0.29) is 5.91 Å². The van der Waals surface area contributed by atoms with Crippen molar-refractivity contribution in [1.82, 2.24) is 10.3 Å². The summed E-state index contributed by atoms with van der Waals surface area (Å²) < 4.78 is 5.71. The Bertz CT molecular complexity index is 431. The Kier molecular flexibility index (Phi) is 5.80. The molecule has 1 amide bonds. The van der Waals surface area contributed by atoms with Crippen LogP contribution in [-0.4, -0.2) is 36.7 Å². The van der Waals surface area contributed by atoms with Gasteiger partial charge in [0.25, 0.3) is 5.91 Å². The standard InChI is InChI=1S/C15H23N3O2/c1-2-16-14-11-12(7-8-17-14)15(19)18-9-10-20-13-5-3-4-6-13/h7-8,11,13H,2-6,9-10H2,1H3,(H,16,17)(H,18,19). The number of rotatable bonds is 7. The second-order valence-corrected chi connectivity index (χ2v) is 4.99. The van der Waals surface area contributed by atoms with Gasteiger partial charge in [0.2, 0.25) is 0 Å². The highest BCUT2D eigenvalue weighted by Crippen LogP contribution is 2.20. The molecule has 1 aliphatic rings. The van der Waals surface area contributed by atoms with Crippen LogP contribution in [0, 0.1) is 0 Å². The Morgan fingerprint density at radius 3 is 3.00 bits per heavy atom. The van der Waals surface area contributed by atoms with Gasteiger partial charge in [-0.3, -0.25) is 4.79 Å². The molecule has 0 aliphatic heterocycles. The van der Waals surface area contributed by atoms with E-state index < -0.39 is 0 Å². The molecule has 1 heterocycles. The Morgan fingerprint density at radius 1 is 1.45 bits per heavy atom. The van der Waals surface area contributed by atoms with Gasteiger partial charge in [0.1, 0.15) is 5.82 Å². The first-order valence-electron chi connectivity index (χ1n) is 7.39. The highest BCUT2D eigenvalue weighted by molar-refractivity contribution is 5.94. The highest BCUT2D eigenvalue weighted by atomic mass is 16.5. The molecule has 5 heteroatoms. The van der Waals surface area contributed by atoms with Gasteiger partial charge in [-0.25, -0.2) is 4.98 Å². The molecular weight excluding hydrogens is 254 g/mol. The van der Waals surface area contributed by atoms with Crippen LogP contribution in [0.25, 0.3) is 0 Å². The van der Waals surface area contributed by atoms with E-state index >= 15 is 0 Å². The van der Waals surface area contributed by atoms with E-state index in [1.807, 2.05) is 6.92 Å². The summed E-state index contributed by atoms with van der Waals surface area (Å²) in [5, 5.41) is 5.96. The second kappa shape index (κ2) is 7.85. The van der Waals surface area contributed by atoms with Crippen LogP contribution in [0.2, 0.25) is 0 Å². The van der Waals surface area contributed by atoms with Gasteiger partial charge in [-0.1, -0.05) is 12.8 Å². The van der Waals surface area contributed by atoms with E-state index in [2.05, 4.69) is 15.6 Å². The van der Waals surface area contributed by atoms with Gasteiger partial charge in [-0.15, -0.1) is 0 Å². The number of hydrogen-bond donors (Lipinski definition) is 2. The number of pyridine rings is 1. The van der Waals surface area contributed by atoms with Gasteiger partial charge < -0.3 is 15.4 Å². The lowest BCUT2D eigenvalue weighted by molar-refractivity contribution is 0.0582. The lowest BCUT2D eigenvalue weighted by Crippen LogP contribution is -2.28. The first kappa shape index (κ1) is 14.8. The molecule has 0 unspecified atom stereocenters. The Morgan fingerprint density at radius 2 is 2.25 bits per heavy atom. The van der Waals surface area contributed by atoms with E-state index in [9.17, 15) is 4.79 Å². The lowest BCUT2D eigenvalue weighted by Gasteiger charge is -2.11. The fraction of sp³-hybridized carbons (Fsp3) is 0.600. The SMILES string of the molecule is CCNc1cc(C(=O)NCCOC2CCCC2)ccn1. The molecule has 0 saturated heterocycles. The van der Waals surface area contributed by atoms with Crippen molar-refractivity contribution in [1.29, 1.82) is 0 Å². The summed E-state index contributed by atoms with van der Waals surface area (Å²) in [6.07, 6.45) is 6.88. The number of carbonyl (C=O) groups is 1. The number of amides is 1. The molecule has 20 heavy (non-hydrogen) atoms. The summed E-state index contributed by atoms with van der Waals surface area (Å²) in [5.41, 5.74) is 0.622. The zero-order chi connectivity index (χ0) is 14.2. The normalized spacial score (nSPS) is 15.2. The number of nitrogens with zero attached hydrogens (tertiary/aromatic N) is 1. The minimum Gasteiger partial charge on any atom is -0.376 e. The number of nitrogens with one attached hydrogen (secondary N) is 2. The monoisotopic (exact) mass is 277 g/mol. The van der Waals surface area contributed by atoms with Crippen molar-refractivity contribution in [2.75, 3.05) is 25.0 Å². The number of anilines is 1. The minimum absolute atomic E-state index is 0.0819. The van der Waals surface area contributed by atoms with Crippen molar-refractivity contribution in [2.45, 2.75) is 38.7 Å². The molecule has 1 aliphatic carbocycles. The molecule has 1 fully saturated rings. The van der Waals surface area contributed by atoms with Crippen LogP contribution in [0.15, 0.2) is 18.3 Å². The van der Waals surface area contributed by atoms with E-state index in [4.69, 9.17) is 4.74 Å². The van der Waals surface area contributed by atoms with Crippen molar-refractivity contribution in [3.05, 3.63) is 23.9 Å². The number of hydrogen-bond acceptors (Lipinski definition) is 4. The molecule has 0 radical (unpaired) electrons. The fourth-order valence-electron chi connectivity index (χ4n) is 2.40. The van der Waals surface area contributed by atoms with Crippen LogP contribution in [0.1, 0.15) is 43.0 Å². The van der Waals surface area contributed by atoms with Gasteiger partial charge in [0.05, 0.1) is 12.7 Å². The van der Waals surface area contributed by atoms with Crippen LogP contribution in [0.3, 0.4) is 0 Å². The van der Waals surface area contributed by atoms with Crippen LogP contribution in [-0.2, 0) is 4.74 Å². The van der Waals surface area contributed by atoms with Crippen molar-refractivity contribution >= 4 is 11.7 Å². The molecular formula is C15H23N3O2. The summed E-state index contributed by atoms with van der Waals surface area (Å²) in [4.78, 5) is 16.1. The average molecular weight is 277 g/mol. The van der Waals surface area contributed by atoms with Gasteiger partial charge in [-0.05, 0) is 31.9 Å². The molecule has 0 aromatic carbocycles. The number of aromatic nitrogens is 1. The summed E-state index contributed by atoms with van der Waals surface area (Å²) in [6.45, 7) is 3.91. The fourth-order valence-corrected chi connectivity index (χ4v) is 2.40. The average Bonchev–Trinajstić information content (AvgIpc) is 2.97. The van der Waals surface area contributed by atoms with Crippen molar-refractivity contribution in [3.8, 4) is 0 Å². The van der Waals surface area contributed by atoms with Crippen LogP contribution in [0.4, 0.5) is 5.82 Å². The molecule has 2 rings (SSSR count).